The minimum absolute atomic E-state index is 0.0492. The van der Waals surface area contributed by atoms with Crippen molar-refractivity contribution in [1.29, 1.82) is 0 Å². The fourth-order valence-electron chi connectivity index (χ4n) is 11.7. The number of ether oxygens (including phenoxy) is 1. The molecule has 0 bridgehead atoms. The summed E-state index contributed by atoms with van der Waals surface area (Å²) < 4.78 is 6.41. The lowest BCUT2D eigenvalue weighted by molar-refractivity contribution is -0.169. The maximum Gasteiger partial charge on any atom is 0.306 e. The van der Waals surface area contributed by atoms with Crippen LogP contribution in [0.25, 0.3) is 0 Å². The minimum Gasteiger partial charge on any atom is -0.461 e. The van der Waals surface area contributed by atoms with Crippen LogP contribution in [0.3, 0.4) is 0 Å². The zero-order chi connectivity index (χ0) is 35.4. The minimum atomic E-state index is -0.404. The second-order valence-corrected chi connectivity index (χ2v) is 18.6. The van der Waals surface area contributed by atoms with E-state index in [1.54, 1.807) is 0 Å². The third kappa shape index (κ3) is 10.8. The van der Waals surface area contributed by atoms with Gasteiger partial charge in [0.15, 0.2) is 0 Å². The van der Waals surface area contributed by atoms with Crippen molar-refractivity contribution < 1.29 is 19.7 Å². The summed E-state index contributed by atoms with van der Waals surface area (Å²) in [7, 11) is 0. The molecule has 4 nitrogen and oxygen atoms in total. The SMILES string of the molecule is CCCCCCC(O)CCCCCCCCCCC(=O)OC1C[C@H](O)CC2=CC[C@H]3[C@@H]4CC[C@H]([C@H](C)CCCC(C)C)[C@@]4(C)CC[C@@H]3[C@]21C. The fraction of sp³-hybridized carbons (Fsp3) is 0.933. The van der Waals surface area contributed by atoms with Crippen LogP contribution in [0.5, 0.6) is 0 Å². The molecule has 0 aromatic heterocycles. The van der Waals surface area contributed by atoms with E-state index in [1.165, 1.54) is 108 Å². The van der Waals surface area contributed by atoms with Crippen molar-refractivity contribution in [3.8, 4) is 0 Å². The van der Waals surface area contributed by atoms with E-state index in [0.29, 0.717) is 30.1 Å². The molecule has 2 unspecified atom stereocenters. The fourth-order valence-corrected chi connectivity index (χ4v) is 11.7. The molecule has 4 aliphatic carbocycles. The second kappa shape index (κ2) is 19.8. The van der Waals surface area contributed by atoms with Gasteiger partial charge in [-0.05, 0) is 98.7 Å². The van der Waals surface area contributed by atoms with E-state index >= 15 is 0 Å². The van der Waals surface area contributed by atoms with E-state index < -0.39 is 6.10 Å². The maximum absolute atomic E-state index is 13.3. The van der Waals surface area contributed by atoms with Gasteiger partial charge in [0.05, 0.1) is 12.2 Å². The molecule has 4 aliphatic rings. The number of fused-ring (bicyclic) bond motifs is 5. The van der Waals surface area contributed by atoms with Gasteiger partial charge in [-0.1, -0.05) is 143 Å². The molecule has 0 aromatic carbocycles. The molecular weight excluding hydrogens is 604 g/mol. The molecule has 10 atom stereocenters. The first kappa shape index (κ1) is 40.9. The molecule has 0 saturated heterocycles. The first-order valence-electron chi connectivity index (χ1n) is 21.8. The number of allylic oxidation sites excluding steroid dienone is 1. The summed E-state index contributed by atoms with van der Waals surface area (Å²) in [6, 6.07) is 0. The average molecular weight is 685 g/mol. The Kier molecular flexibility index (Phi) is 16.5. The number of hydrogen-bond donors (Lipinski definition) is 2. The van der Waals surface area contributed by atoms with Gasteiger partial charge in [-0.3, -0.25) is 4.79 Å². The highest BCUT2D eigenvalue weighted by Crippen LogP contribution is 2.67. The smallest absolute Gasteiger partial charge is 0.306 e. The topological polar surface area (TPSA) is 66.8 Å². The van der Waals surface area contributed by atoms with Gasteiger partial charge in [0.2, 0.25) is 0 Å². The summed E-state index contributed by atoms with van der Waals surface area (Å²) in [6.07, 6.45) is 30.4. The number of esters is 1. The Bertz CT molecular complexity index is 1000. The molecule has 0 aliphatic heterocycles. The number of aliphatic hydroxyl groups is 2. The molecule has 0 amide bonds. The standard InChI is InChI=1S/C45H80O4/c1-7-8-9-16-22-36(46)23-17-14-12-10-11-13-15-18-24-43(48)49-42-32-37(47)31-35-25-26-38-40-28-27-39(34(4)21-19-20-33(2)3)44(40,5)30-29-41(38)45(35,42)6/h25,33-34,36-42,46-47H,7-24,26-32H2,1-6H3/t34-,36?,37-,38+,39-,40+,41+,42?,44-,45+/m1/s1. The van der Waals surface area contributed by atoms with Crippen LogP contribution in [-0.2, 0) is 9.53 Å². The molecule has 3 saturated carbocycles. The Morgan fingerprint density at radius 3 is 2.16 bits per heavy atom. The van der Waals surface area contributed by atoms with Crippen LogP contribution < -0.4 is 0 Å². The predicted octanol–water partition coefficient (Wildman–Crippen LogP) is 12.1. The van der Waals surface area contributed by atoms with Crippen molar-refractivity contribution in [2.75, 3.05) is 0 Å². The number of carbonyl (C=O) groups is 1. The van der Waals surface area contributed by atoms with Gasteiger partial charge in [0.25, 0.3) is 0 Å². The van der Waals surface area contributed by atoms with Gasteiger partial charge >= 0.3 is 5.97 Å². The van der Waals surface area contributed by atoms with Gasteiger partial charge in [-0.25, -0.2) is 0 Å². The highest BCUT2D eigenvalue weighted by atomic mass is 16.5. The summed E-state index contributed by atoms with van der Waals surface area (Å²) in [5.41, 5.74) is 1.69. The molecule has 4 heteroatoms. The zero-order valence-corrected chi connectivity index (χ0v) is 33.2. The van der Waals surface area contributed by atoms with Gasteiger partial charge < -0.3 is 14.9 Å². The normalized spacial score (nSPS) is 33.8. The molecule has 4 rings (SSSR count). The molecule has 0 heterocycles. The first-order chi connectivity index (χ1) is 23.5. The largest absolute Gasteiger partial charge is 0.461 e. The summed E-state index contributed by atoms with van der Waals surface area (Å²) in [5, 5.41) is 21.1. The number of aliphatic hydroxyl groups excluding tert-OH is 2. The molecule has 49 heavy (non-hydrogen) atoms. The molecule has 3 fully saturated rings. The zero-order valence-electron chi connectivity index (χ0n) is 33.2. The lowest BCUT2D eigenvalue weighted by Crippen LogP contribution is -2.56. The van der Waals surface area contributed by atoms with Gasteiger partial charge in [-0.2, -0.15) is 0 Å². The maximum atomic E-state index is 13.3. The van der Waals surface area contributed by atoms with Crippen LogP contribution in [0.4, 0.5) is 0 Å². The van der Waals surface area contributed by atoms with E-state index in [4.69, 9.17) is 4.74 Å². The van der Waals surface area contributed by atoms with Crippen molar-refractivity contribution in [3.05, 3.63) is 11.6 Å². The lowest BCUT2D eigenvalue weighted by Gasteiger charge is -2.60. The number of hydrogen-bond acceptors (Lipinski definition) is 4. The number of rotatable bonds is 22. The van der Waals surface area contributed by atoms with E-state index in [0.717, 1.165) is 68.6 Å². The third-order valence-corrected chi connectivity index (χ3v) is 14.7. The van der Waals surface area contributed by atoms with Gasteiger partial charge in [-0.15, -0.1) is 0 Å². The van der Waals surface area contributed by atoms with E-state index in [9.17, 15) is 15.0 Å². The summed E-state index contributed by atoms with van der Waals surface area (Å²) in [6.45, 7) is 14.6. The molecule has 0 spiro atoms. The predicted molar refractivity (Wildman–Crippen MR) is 205 cm³/mol. The van der Waals surface area contributed by atoms with E-state index in [2.05, 4.69) is 47.6 Å². The molecule has 2 N–H and O–H groups in total. The number of unbranched alkanes of at least 4 members (excludes halogenated alkanes) is 10. The van der Waals surface area contributed by atoms with Crippen LogP contribution in [-0.4, -0.2) is 34.5 Å². The van der Waals surface area contributed by atoms with E-state index in [1.807, 2.05) is 0 Å². The number of carbonyl (C=O) groups excluding carboxylic acids is 1. The summed E-state index contributed by atoms with van der Waals surface area (Å²) >= 11 is 0. The van der Waals surface area contributed by atoms with Gasteiger partial charge in [0.1, 0.15) is 6.10 Å². The second-order valence-electron chi connectivity index (χ2n) is 18.6. The molecule has 0 radical (unpaired) electrons. The Labute approximate surface area is 303 Å². The van der Waals surface area contributed by atoms with Crippen LogP contribution in [0, 0.1) is 46.3 Å². The van der Waals surface area contributed by atoms with Crippen LogP contribution in [0.15, 0.2) is 11.6 Å². The van der Waals surface area contributed by atoms with Gasteiger partial charge in [0, 0.05) is 18.3 Å². The highest BCUT2D eigenvalue weighted by Gasteiger charge is 2.61. The van der Waals surface area contributed by atoms with Crippen molar-refractivity contribution in [1.82, 2.24) is 0 Å². The van der Waals surface area contributed by atoms with Crippen LogP contribution in [0.1, 0.15) is 202 Å². The molecule has 284 valence electrons. The molecular formula is C45H80O4. The Balaban J connectivity index is 1.20. The van der Waals surface area contributed by atoms with Crippen LogP contribution >= 0.6 is 0 Å². The quantitative estimate of drug-likeness (QED) is 0.0676. The van der Waals surface area contributed by atoms with E-state index in [-0.39, 0.29) is 23.6 Å². The first-order valence-corrected chi connectivity index (χ1v) is 21.8. The Hall–Kier alpha value is -0.870. The Morgan fingerprint density at radius 2 is 1.49 bits per heavy atom. The third-order valence-electron chi connectivity index (χ3n) is 14.7. The van der Waals surface area contributed by atoms with Crippen molar-refractivity contribution in [3.63, 3.8) is 0 Å². The molecule has 0 aromatic rings. The van der Waals surface area contributed by atoms with Crippen molar-refractivity contribution in [2.45, 2.75) is 220 Å². The van der Waals surface area contributed by atoms with Crippen molar-refractivity contribution >= 4 is 5.97 Å². The average Bonchev–Trinajstić information content (AvgIpc) is 3.41. The van der Waals surface area contributed by atoms with Crippen LogP contribution in [0.2, 0.25) is 0 Å². The van der Waals surface area contributed by atoms with Crippen molar-refractivity contribution in [2.24, 2.45) is 46.3 Å². The Morgan fingerprint density at radius 1 is 0.837 bits per heavy atom. The lowest BCUT2D eigenvalue weighted by atomic mass is 9.46. The summed E-state index contributed by atoms with van der Waals surface area (Å²) in [4.78, 5) is 13.3. The summed E-state index contributed by atoms with van der Waals surface area (Å²) in [5.74, 6) is 4.41. The highest BCUT2D eigenvalue weighted by molar-refractivity contribution is 5.69. The monoisotopic (exact) mass is 685 g/mol.